The minimum Gasteiger partial charge on any atom is -0.481 e. The van der Waals surface area contributed by atoms with E-state index < -0.39 is 42.7 Å². The van der Waals surface area contributed by atoms with Crippen LogP contribution in [-0.2, 0) is 20.8 Å². The monoisotopic (exact) mass is 622 g/mol. The SMILES string of the molecule is Cc1c(C2CCC(Cc3ccccc3)(N(C)C)CC2)[nH]c2ccc(OC(F)(F)F)cc12.O=C(O)CC(O)(CC(=O)O)C(=O)O. The fourth-order valence-corrected chi connectivity index (χ4v) is 5.85. The highest BCUT2D eigenvalue weighted by Gasteiger charge is 2.41. The number of hydrogen-bond donors (Lipinski definition) is 5. The summed E-state index contributed by atoms with van der Waals surface area (Å²) in [7, 11) is 4.33. The van der Waals surface area contributed by atoms with Crippen molar-refractivity contribution < 1.29 is 52.7 Å². The van der Waals surface area contributed by atoms with Gasteiger partial charge >= 0.3 is 24.3 Å². The van der Waals surface area contributed by atoms with Crippen molar-refractivity contribution in [2.24, 2.45) is 0 Å². The van der Waals surface area contributed by atoms with E-state index in [0.717, 1.165) is 54.3 Å². The minimum absolute atomic E-state index is 0.130. The van der Waals surface area contributed by atoms with Gasteiger partial charge in [0, 0.05) is 22.1 Å². The van der Waals surface area contributed by atoms with Crippen molar-refractivity contribution in [2.75, 3.05) is 14.1 Å². The molecule has 5 N–H and O–H groups in total. The number of ether oxygens (including phenoxy) is 1. The lowest BCUT2D eigenvalue weighted by molar-refractivity contribution is -0.274. The Kier molecular flexibility index (Phi) is 10.7. The van der Waals surface area contributed by atoms with E-state index in [9.17, 15) is 27.6 Å². The zero-order valence-electron chi connectivity index (χ0n) is 24.6. The average molecular weight is 623 g/mol. The van der Waals surface area contributed by atoms with Gasteiger partial charge in [-0.3, -0.25) is 9.59 Å². The van der Waals surface area contributed by atoms with Crippen molar-refractivity contribution in [1.29, 1.82) is 0 Å². The molecule has 1 aromatic heterocycles. The van der Waals surface area contributed by atoms with E-state index in [2.05, 4.69) is 53.0 Å². The van der Waals surface area contributed by atoms with E-state index in [-0.39, 0.29) is 11.3 Å². The molecule has 1 saturated carbocycles. The van der Waals surface area contributed by atoms with E-state index in [1.165, 1.54) is 17.7 Å². The molecule has 0 amide bonds. The van der Waals surface area contributed by atoms with Gasteiger partial charge in [0.05, 0.1) is 12.8 Å². The number of alkyl halides is 3. The van der Waals surface area contributed by atoms with Crippen LogP contribution < -0.4 is 4.74 Å². The topological polar surface area (TPSA) is 160 Å². The second kappa shape index (κ2) is 13.7. The van der Waals surface area contributed by atoms with Gasteiger partial charge in [-0.05, 0) is 88.4 Å². The van der Waals surface area contributed by atoms with Crippen LogP contribution in [0, 0.1) is 6.92 Å². The van der Waals surface area contributed by atoms with Crippen LogP contribution >= 0.6 is 0 Å². The summed E-state index contributed by atoms with van der Waals surface area (Å²) in [6.07, 6.45) is -1.69. The van der Waals surface area contributed by atoms with Crippen molar-refractivity contribution in [3.8, 4) is 5.75 Å². The normalized spacial score (nSPS) is 18.9. The first-order valence-electron chi connectivity index (χ1n) is 13.9. The molecule has 1 aliphatic carbocycles. The Morgan fingerprint density at radius 3 is 2.02 bits per heavy atom. The summed E-state index contributed by atoms with van der Waals surface area (Å²) < 4.78 is 41.9. The molecule has 0 atom stereocenters. The Balaban J connectivity index is 0.000000345. The Morgan fingerprint density at radius 2 is 1.55 bits per heavy atom. The van der Waals surface area contributed by atoms with E-state index in [4.69, 9.17) is 20.4 Å². The largest absolute Gasteiger partial charge is 0.573 e. The van der Waals surface area contributed by atoms with Crippen LogP contribution in [0.4, 0.5) is 13.2 Å². The average Bonchev–Trinajstić information content (AvgIpc) is 3.23. The lowest BCUT2D eigenvalue weighted by Crippen LogP contribution is -2.48. The number of aryl methyl sites for hydroxylation is 1. The first kappa shape index (κ1) is 34.4. The number of aliphatic hydroxyl groups is 1. The van der Waals surface area contributed by atoms with Gasteiger partial charge in [-0.25, -0.2) is 4.79 Å². The maximum absolute atomic E-state index is 12.6. The molecule has 0 radical (unpaired) electrons. The highest BCUT2D eigenvalue weighted by molar-refractivity contribution is 5.88. The zero-order chi connectivity index (χ0) is 32.9. The number of H-pyrrole nitrogens is 1. The predicted octanol–water partition coefficient (Wildman–Crippen LogP) is 5.33. The van der Waals surface area contributed by atoms with E-state index in [0.29, 0.717) is 5.92 Å². The van der Waals surface area contributed by atoms with E-state index in [1.807, 2.05) is 13.0 Å². The molecule has 44 heavy (non-hydrogen) atoms. The Morgan fingerprint density at radius 1 is 0.977 bits per heavy atom. The molecule has 2 aromatic carbocycles. The number of carboxylic acid groups (broad SMARTS) is 3. The molecular weight excluding hydrogens is 585 g/mol. The number of aromatic amines is 1. The highest BCUT2D eigenvalue weighted by Crippen LogP contribution is 2.44. The van der Waals surface area contributed by atoms with Gasteiger partial charge in [0.25, 0.3) is 0 Å². The number of aromatic nitrogens is 1. The molecule has 1 heterocycles. The van der Waals surface area contributed by atoms with Crippen molar-refractivity contribution in [1.82, 2.24) is 9.88 Å². The van der Waals surface area contributed by atoms with Gasteiger partial charge < -0.3 is 35.0 Å². The molecule has 1 aliphatic rings. The summed E-state index contributed by atoms with van der Waals surface area (Å²) in [6, 6.07) is 15.2. The Hall–Kier alpha value is -4.10. The van der Waals surface area contributed by atoms with Crippen molar-refractivity contribution in [2.45, 2.75) is 75.3 Å². The number of aliphatic carboxylic acids is 3. The van der Waals surface area contributed by atoms with Gasteiger partial charge in [0.15, 0.2) is 5.60 Å². The number of hydrogen-bond acceptors (Lipinski definition) is 6. The Labute approximate surface area is 252 Å². The summed E-state index contributed by atoms with van der Waals surface area (Å²) >= 11 is 0. The maximum atomic E-state index is 12.6. The van der Waals surface area contributed by atoms with Gasteiger partial charge in [-0.15, -0.1) is 13.2 Å². The number of likely N-dealkylation sites (N-methyl/N-ethyl adjacent to an activating group) is 1. The van der Waals surface area contributed by atoms with Crippen LogP contribution in [0.1, 0.15) is 61.3 Å². The van der Waals surface area contributed by atoms with Gasteiger partial charge in [-0.1, -0.05) is 30.3 Å². The summed E-state index contributed by atoms with van der Waals surface area (Å²) in [4.78, 5) is 36.3. The second-order valence-electron chi connectivity index (χ2n) is 11.5. The van der Waals surface area contributed by atoms with Gasteiger partial charge in [0.2, 0.25) is 0 Å². The quantitative estimate of drug-likeness (QED) is 0.201. The van der Waals surface area contributed by atoms with E-state index in [1.54, 1.807) is 6.07 Å². The van der Waals surface area contributed by atoms with E-state index >= 15 is 0 Å². The van der Waals surface area contributed by atoms with Crippen LogP contribution in [0.25, 0.3) is 10.9 Å². The number of carboxylic acids is 3. The van der Waals surface area contributed by atoms with Crippen LogP contribution in [0.3, 0.4) is 0 Å². The second-order valence-corrected chi connectivity index (χ2v) is 11.5. The smallest absolute Gasteiger partial charge is 0.481 e. The molecule has 240 valence electrons. The van der Waals surface area contributed by atoms with Gasteiger partial charge in [-0.2, -0.15) is 0 Å². The van der Waals surface area contributed by atoms with Crippen LogP contribution in [0.5, 0.6) is 5.75 Å². The molecule has 13 heteroatoms. The molecule has 0 saturated heterocycles. The van der Waals surface area contributed by atoms with Crippen LogP contribution in [0.15, 0.2) is 48.5 Å². The number of halogens is 3. The third-order valence-electron chi connectivity index (χ3n) is 8.24. The third-order valence-corrected chi connectivity index (χ3v) is 8.24. The molecule has 0 bridgehead atoms. The molecule has 4 rings (SSSR count). The summed E-state index contributed by atoms with van der Waals surface area (Å²) in [5.74, 6) is -4.82. The van der Waals surface area contributed by atoms with Crippen molar-refractivity contribution in [3.63, 3.8) is 0 Å². The predicted molar refractivity (Wildman–Crippen MR) is 155 cm³/mol. The first-order valence-corrected chi connectivity index (χ1v) is 13.9. The standard InChI is InChI=1S/C25H29F3N2O.C6H8O7/c1-17-21-15-20(31-25(26,27)28)9-10-22(21)29-23(17)19-11-13-24(14-12-19,30(2)3)16-18-7-5-4-6-8-18;7-3(8)1-6(13,5(11)12)2-4(9)10/h4-10,15,19,29H,11-14,16H2,1-3H3;13H,1-2H2,(H,7,8)(H,9,10)(H,11,12). The number of nitrogens with zero attached hydrogens (tertiary/aromatic N) is 1. The number of fused-ring (bicyclic) bond motifs is 1. The minimum atomic E-state index is -4.68. The molecule has 0 spiro atoms. The first-order chi connectivity index (χ1) is 20.4. The zero-order valence-corrected chi connectivity index (χ0v) is 24.6. The molecule has 3 aromatic rings. The lowest BCUT2D eigenvalue weighted by Gasteiger charge is -2.45. The number of nitrogens with one attached hydrogen (secondary N) is 1. The highest BCUT2D eigenvalue weighted by atomic mass is 19.4. The number of carbonyl (C=O) groups is 3. The van der Waals surface area contributed by atoms with Crippen molar-refractivity contribution >= 4 is 28.8 Å². The lowest BCUT2D eigenvalue weighted by atomic mass is 9.71. The third kappa shape index (κ3) is 8.73. The molecule has 1 fully saturated rings. The summed E-state index contributed by atoms with van der Waals surface area (Å²) in [6.45, 7) is 1.99. The molecule has 0 aliphatic heterocycles. The summed E-state index contributed by atoms with van der Waals surface area (Å²) in [5, 5.41) is 34.6. The van der Waals surface area contributed by atoms with Crippen LogP contribution in [-0.4, -0.2) is 79.8 Å². The fourth-order valence-electron chi connectivity index (χ4n) is 5.85. The van der Waals surface area contributed by atoms with Crippen molar-refractivity contribution in [3.05, 3.63) is 65.4 Å². The summed E-state index contributed by atoms with van der Waals surface area (Å²) in [5.41, 5.74) is 1.77. The molecule has 0 unspecified atom stereocenters. The fraction of sp³-hybridized carbons (Fsp3) is 0.452. The number of benzene rings is 2. The van der Waals surface area contributed by atoms with Crippen LogP contribution in [0.2, 0.25) is 0 Å². The maximum Gasteiger partial charge on any atom is 0.573 e. The molecular formula is C31H37F3N2O8. The Bertz CT molecular complexity index is 1450. The van der Waals surface area contributed by atoms with Gasteiger partial charge in [0.1, 0.15) is 5.75 Å². The molecule has 10 nitrogen and oxygen atoms in total. The number of rotatable bonds is 10.